The maximum Gasteiger partial charge on any atom is 0.261 e. The van der Waals surface area contributed by atoms with Crippen molar-refractivity contribution in [1.29, 1.82) is 0 Å². The Morgan fingerprint density at radius 2 is 1.81 bits per heavy atom. The normalized spacial score (nSPS) is 11.1. The molecule has 0 aromatic heterocycles. The highest BCUT2D eigenvalue weighted by Gasteiger charge is 2.14. The molecule has 112 valence electrons. The summed E-state index contributed by atoms with van der Waals surface area (Å²) in [6, 6.07) is 13.2. The van der Waals surface area contributed by atoms with Gasteiger partial charge in [-0.3, -0.25) is 10.6 Å². The van der Waals surface area contributed by atoms with E-state index in [-0.39, 0.29) is 4.90 Å². The van der Waals surface area contributed by atoms with Crippen molar-refractivity contribution in [2.24, 2.45) is 5.84 Å². The van der Waals surface area contributed by atoms with Crippen LogP contribution in [0, 0.1) is 0 Å². The van der Waals surface area contributed by atoms with E-state index in [4.69, 9.17) is 10.6 Å². The average molecular weight is 307 g/mol. The zero-order valence-electron chi connectivity index (χ0n) is 11.5. The number of anilines is 2. The van der Waals surface area contributed by atoms with Crippen LogP contribution in [-0.2, 0) is 21.4 Å². The summed E-state index contributed by atoms with van der Waals surface area (Å²) in [5, 5.41) is 0. The highest BCUT2D eigenvalue weighted by Crippen LogP contribution is 2.19. The molecule has 7 heteroatoms. The first-order chi connectivity index (χ1) is 10.0. The molecule has 6 nitrogen and oxygen atoms in total. The van der Waals surface area contributed by atoms with Gasteiger partial charge in [0.05, 0.1) is 11.5 Å². The van der Waals surface area contributed by atoms with Crippen LogP contribution in [0.4, 0.5) is 11.4 Å². The molecule has 0 atom stereocenters. The number of nitrogen functional groups attached to an aromatic ring is 1. The topological polar surface area (TPSA) is 93.4 Å². The number of nitrogens with one attached hydrogen (secondary N) is 2. The number of sulfonamides is 1. The van der Waals surface area contributed by atoms with Gasteiger partial charge in [-0.15, -0.1) is 0 Å². The number of methoxy groups -OCH3 is 1. The van der Waals surface area contributed by atoms with Crippen molar-refractivity contribution in [1.82, 2.24) is 0 Å². The van der Waals surface area contributed by atoms with E-state index in [0.717, 1.165) is 5.56 Å². The standard InChI is InChI=1S/C14H17N3O3S/c1-20-10-11-3-2-4-13(9-11)17-21(18,19)14-7-5-12(16-15)6-8-14/h2-9,16-17H,10,15H2,1H3. The van der Waals surface area contributed by atoms with E-state index >= 15 is 0 Å². The van der Waals surface area contributed by atoms with Crippen LogP contribution < -0.4 is 16.0 Å². The van der Waals surface area contributed by atoms with Gasteiger partial charge in [0, 0.05) is 18.5 Å². The second-order valence-corrected chi connectivity index (χ2v) is 6.09. The lowest BCUT2D eigenvalue weighted by atomic mass is 10.2. The first kappa shape index (κ1) is 15.3. The summed E-state index contributed by atoms with van der Waals surface area (Å²) in [7, 11) is -2.04. The van der Waals surface area contributed by atoms with E-state index in [2.05, 4.69) is 10.1 Å². The van der Waals surface area contributed by atoms with Crippen molar-refractivity contribution < 1.29 is 13.2 Å². The second-order valence-electron chi connectivity index (χ2n) is 4.41. The summed E-state index contributed by atoms with van der Waals surface area (Å²) in [4.78, 5) is 0.165. The van der Waals surface area contributed by atoms with Crippen LogP contribution in [0.1, 0.15) is 5.56 Å². The van der Waals surface area contributed by atoms with Gasteiger partial charge in [0.15, 0.2) is 0 Å². The van der Waals surface area contributed by atoms with Crippen LogP contribution >= 0.6 is 0 Å². The highest BCUT2D eigenvalue weighted by molar-refractivity contribution is 7.92. The maximum atomic E-state index is 12.3. The molecule has 0 heterocycles. The van der Waals surface area contributed by atoms with E-state index in [9.17, 15) is 8.42 Å². The van der Waals surface area contributed by atoms with E-state index in [1.165, 1.54) is 12.1 Å². The first-order valence-electron chi connectivity index (χ1n) is 6.22. The van der Waals surface area contributed by atoms with Gasteiger partial charge in [0.2, 0.25) is 0 Å². The van der Waals surface area contributed by atoms with Gasteiger partial charge in [-0.1, -0.05) is 12.1 Å². The van der Waals surface area contributed by atoms with Gasteiger partial charge in [-0.05, 0) is 42.0 Å². The largest absolute Gasteiger partial charge is 0.380 e. The average Bonchev–Trinajstić information content (AvgIpc) is 2.47. The number of nitrogens with two attached hydrogens (primary N) is 1. The van der Waals surface area contributed by atoms with Crippen molar-refractivity contribution in [2.75, 3.05) is 17.3 Å². The molecule has 2 rings (SSSR count). The molecule has 4 N–H and O–H groups in total. The fourth-order valence-corrected chi connectivity index (χ4v) is 2.89. The molecule has 0 spiro atoms. The van der Waals surface area contributed by atoms with E-state index in [1.54, 1.807) is 37.4 Å². The quantitative estimate of drug-likeness (QED) is 0.560. The molecule has 0 bridgehead atoms. The Labute approximate surface area is 124 Å². The zero-order chi connectivity index (χ0) is 15.3. The third-order valence-electron chi connectivity index (χ3n) is 2.82. The van der Waals surface area contributed by atoms with Crippen LogP contribution in [0.3, 0.4) is 0 Å². The zero-order valence-corrected chi connectivity index (χ0v) is 12.4. The predicted molar refractivity (Wildman–Crippen MR) is 82.2 cm³/mol. The lowest BCUT2D eigenvalue weighted by Gasteiger charge is -2.10. The minimum Gasteiger partial charge on any atom is -0.380 e. The second kappa shape index (κ2) is 6.57. The van der Waals surface area contributed by atoms with Gasteiger partial charge in [0.25, 0.3) is 10.0 Å². The van der Waals surface area contributed by atoms with Gasteiger partial charge in [0.1, 0.15) is 0 Å². The summed E-state index contributed by atoms with van der Waals surface area (Å²) in [6.07, 6.45) is 0. The molecule has 2 aromatic rings. The molecule has 0 saturated heterocycles. The van der Waals surface area contributed by atoms with Crippen LogP contribution in [0.2, 0.25) is 0 Å². The number of ether oxygens (including phenoxy) is 1. The first-order valence-corrected chi connectivity index (χ1v) is 7.71. The molecule has 0 aliphatic carbocycles. The van der Waals surface area contributed by atoms with E-state index in [1.807, 2.05) is 6.07 Å². The fraction of sp³-hybridized carbons (Fsp3) is 0.143. The van der Waals surface area contributed by atoms with Gasteiger partial charge in [-0.2, -0.15) is 0 Å². The predicted octanol–water partition coefficient (Wildman–Crippen LogP) is 1.92. The monoisotopic (exact) mass is 307 g/mol. The lowest BCUT2D eigenvalue weighted by molar-refractivity contribution is 0.185. The Balaban J connectivity index is 2.21. The molecule has 0 radical (unpaired) electrons. The Hall–Kier alpha value is -2.09. The van der Waals surface area contributed by atoms with Crippen LogP contribution in [0.5, 0.6) is 0 Å². The minimum absolute atomic E-state index is 0.165. The maximum absolute atomic E-state index is 12.3. The lowest BCUT2D eigenvalue weighted by Crippen LogP contribution is -2.13. The minimum atomic E-state index is -3.63. The van der Waals surface area contributed by atoms with Gasteiger partial charge >= 0.3 is 0 Å². The molecule has 0 amide bonds. The van der Waals surface area contributed by atoms with Gasteiger partial charge in [-0.25, -0.2) is 8.42 Å². The molecule has 0 aliphatic rings. The Morgan fingerprint density at radius 1 is 1.10 bits per heavy atom. The third-order valence-corrected chi connectivity index (χ3v) is 4.22. The van der Waals surface area contributed by atoms with Crippen molar-refractivity contribution in [2.45, 2.75) is 11.5 Å². The molecule has 0 saturated carbocycles. The summed E-state index contributed by atoms with van der Waals surface area (Å²) < 4.78 is 32.1. The number of hydrogen-bond acceptors (Lipinski definition) is 5. The summed E-state index contributed by atoms with van der Waals surface area (Å²) in [5.74, 6) is 5.25. The van der Waals surface area contributed by atoms with Crippen molar-refractivity contribution in [3.63, 3.8) is 0 Å². The Morgan fingerprint density at radius 3 is 2.43 bits per heavy atom. The molecule has 0 unspecified atom stereocenters. The Bertz CT molecular complexity index is 700. The SMILES string of the molecule is COCc1cccc(NS(=O)(=O)c2ccc(NN)cc2)c1. The number of rotatable bonds is 6. The van der Waals surface area contributed by atoms with Crippen molar-refractivity contribution in [3.8, 4) is 0 Å². The molecule has 2 aromatic carbocycles. The molecule has 0 aliphatic heterocycles. The van der Waals surface area contributed by atoms with Crippen LogP contribution in [0.25, 0.3) is 0 Å². The number of benzene rings is 2. The summed E-state index contributed by atoms with van der Waals surface area (Å²) in [5.41, 5.74) is 4.46. The van der Waals surface area contributed by atoms with Crippen molar-refractivity contribution in [3.05, 3.63) is 54.1 Å². The molecular formula is C14H17N3O3S. The smallest absolute Gasteiger partial charge is 0.261 e. The fourth-order valence-electron chi connectivity index (χ4n) is 1.84. The van der Waals surface area contributed by atoms with Crippen LogP contribution in [0.15, 0.2) is 53.4 Å². The van der Waals surface area contributed by atoms with Crippen LogP contribution in [-0.4, -0.2) is 15.5 Å². The number of hydrazine groups is 1. The molecule has 0 fully saturated rings. The summed E-state index contributed by atoms with van der Waals surface area (Å²) >= 11 is 0. The van der Waals surface area contributed by atoms with Gasteiger partial charge < -0.3 is 10.2 Å². The Kier molecular flexibility index (Phi) is 4.79. The highest BCUT2D eigenvalue weighted by atomic mass is 32.2. The molecule has 21 heavy (non-hydrogen) atoms. The van der Waals surface area contributed by atoms with E-state index < -0.39 is 10.0 Å². The third kappa shape index (κ3) is 3.94. The van der Waals surface area contributed by atoms with Crippen molar-refractivity contribution >= 4 is 21.4 Å². The van der Waals surface area contributed by atoms with E-state index in [0.29, 0.717) is 18.0 Å². The number of hydrogen-bond donors (Lipinski definition) is 3. The summed E-state index contributed by atoms with van der Waals surface area (Å²) in [6.45, 7) is 0.423. The molecular weight excluding hydrogens is 290 g/mol.